The second-order valence-electron chi connectivity index (χ2n) is 14.4. The number of allylic oxidation sites excluding steroid dienone is 1. The Morgan fingerprint density at radius 1 is 0.792 bits per heavy atom. The third-order valence-corrected chi connectivity index (χ3v) is 10.9. The van der Waals surface area contributed by atoms with E-state index >= 15 is 0 Å². The van der Waals surface area contributed by atoms with Crippen LogP contribution in [0.2, 0.25) is 5.02 Å². The molecule has 0 spiro atoms. The molecule has 6 aromatic rings. The average Bonchev–Trinajstić information content (AvgIpc) is 3.36. The largest absolute Gasteiger partial charge is 0.463 e. The Bertz CT molecular complexity index is 2210. The number of hydrogen-bond acceptors (Lipinski definition) is 2. The van der Waals surface area contributed by atoms with Gasteiger partial charge in [0, 0.05) is 16.5 Å². The van der Waals surface area contributed by atoms with Crippen LogP contribution in [0.4, 0.5) is 0 Å². The minimum atomic E-state index is -0.368. The SMILES string of the molecule is C=CC(=O)OCCCCCC1(C(=C)CC)c2cc(Cl)ccc2-c2ccc(-c3ccc4ccc5cc(C(C)(C)C)cc6ccc3c4c56)cc21. The maximum atomic E-state index is 11.6. The zero-order valence-corrected chi connectivity index (χ0v) is 29.3. The average molecular weight is 651 g/mol. The lowest BCUT2D eigenvalue weighted by Crippen LogP contribution is -2.27. The fourth-order valence-corrected chi connectivity index (χ4v) is 8.25. The molecule has 48 heavy (non-hydrogen) atoms. The van der Waals surface area contributed by atoms with Gasteiger partial charge < -0.3 is 4.74 Å². The van der Waals surface area contributed by atoms with Gasteiger partial charge in [-0.25, -0.2) is 4.79 Å². The standard InChI is InChI=1S/C45H43ClO2/c1-7-28(3)45(22-10-9-11-23-48-41(47)8-2)39-26-30(15-19-36(39)37-21-17-34(46)27-40(37)45)35-18-14-29-12-13-31-24-33(44(4,5)6)25-32-16-20-38(35)43(29)42(31)32/h8,12-21,24-27H,2-3,7,9-11,22-23H2,1,4-6H3. The highest BCUT2D eigenvalue weighted by molar-refractivity contribution is 6.31. The summed E-state index contributed by atoms with van der Waals surface area (Å²) in [6, 6.07) is 31.9. The van der Waals surface area contributed by atoms with E-state index in [1.54, 1.807) is 0 Å². The van der Waals surface area contributed by atoms with E-state index in [1.807, 2.05) is 6.07 Å². The molecule has 0 aromatic heterocycles. The summed E-state index contributed by atoms with van der Waals surface area (Å²) in [5.74, 6) is -0.368. The Balaban J connectivity index is 1.36. The molecule has 1 aliphatic carbocycles. The molecule has 0 radical (unpaired) electrons. The van der Waals surface area contributed by atoms with Crippen LogP contribution >= 0.6 is 11.6 Å². The van der Waals surface area contributed by atoms with Crippen LogP contribution in [0.25, 0.3) is 54.6 Å². The van der Waals surface area contributed by atoms with Crippen LogP contribution in [-0.4, -0.2) is 12.6 Å². The third-order valence-electron chi connectivity index (χ3n) is 10.6. The van der Waals surface area contributed by atoms with Gasteiger partial charge in [-0.05, 0) is 114 Å². The molecule has 1 unspecified atom stereocenters. The van der Waals surface area contributed by atoms with Crippen molar-refractivity contribution in [1.82, 2.24) is 0 Å². The van der Waals surface area contributed by atoms with E-state index in [2.05, 4.69) is 113 Å². The Morgan fingerprint density at radius 2 is 1.44 bits per heavy atom. The first-order chi connectivity index (χ1) is 23.1. The molecular weight excluding hydrogens is 608 g/mol. The Kier molecular flexibility index (Phi) is 8.20. The second kappa shape index (κ2) is 12.2. The van der Waals surface area contributed by atoms with E-state index in [4.69, 9.17) is 22.9 Å². The van der Waals surface area contributed by atoms with Crippen molar-refractivity contribution in [2.24, 2.45) is 0 Å². The highest BCUT2D eigenvalue weighted by atomic mass is 35.5. The topological polar surface area (TPSA) is 26.3 Å². The molecule has 0 saturated heterocycles. The van der Waals surface area contributed by atoms with E-state index in [0.29, 0.717) is 6.61 Å². The molecular formula is C45H43ClO2. The van der Waals surface area contributed by atoms with Crippen molar-refractivity contribution in [1.29, 1.82) is 0 Å². The van der Waals surface area contributed by atoms with Gasteiger partial charge in [-0.15, -0.1) is 0 Å². The molecule has 2 nitrogen and oxygen atoms in total. The van der Waals surface area contributed by atoms with Crippen LogP contribution < -0.4 is 0 Å². The molecule has 242 valence electrons. The van der Waals surface area contributed by atoms with Crippen molar-refractivity contribution in [3.05, 3.63) is 131 Å². The fourth-order valence-electron chi connectivity index (χ4n) is 8.08. The second-order valence-corrected chi connectivity index (χ2v) is 14.9. The lowest BCUT2D eigenvalue weighted by atomic mass is 9.68. The minimum absolute atomic E-state index is 0.0785. The molecule has 6 aromatic carbocycles. The first kappa shape index (κ1) is 32.2. The summed E-state index contributed by atoms with van der Waals surface area (Å²) in [6.45, 7) is 17.7. The Hall–Kier alpha value is -4.40. The summed E-state index contributed by atoms with van der Waals surface area (Å²) in [7, 11) is 0. The molecule has 3 heteroatoms. The number of hydrogen-bond donors (Lipinski definition) is 0. The fraction of sp³-hybridized carbons (Fsp3) is 0.267. The predicted octanol–water partition coefficient (Wildman–Crippen LogP) is 12.7. The number of unbranched alkanes of at least 4 members (excludes halogenated alkanes) is 2. The van der Waals surface area contributed by atoms with Gasteiger partial charge >= 0.3 is 5.97 Å². The summed E-state index contributed by atoms with van der Waals surface area (Å²) in [4.78, 5) is 11.6. The number of esters is 1. The lowest BCUT2D eigenvalue weighted by Gasteiger charge is -2.35. The number of benzene rings is 6. The van der Waals surface area contributed by atoms with Crippen molar-refractivity contribution >= 4 is 49.9 Å². The number of rotatable bonds is 10. The number of carbonyl (C=O) groups is 1. The van der Waals surface area contributed by atoms with E-state index in [9.17, 15) is 4.79 Å². The van der Waals surface area contributed by atoms with Gasteiger partial charge in [0.25, 0.3) is 0 Å². The molecule has 0 heterocycles. The highest BCUT2D eigenvalue weighted by Crippen LogP contribution is 2.57. The summed E-state index contributed by atoms with van der Waals surface area (Å²) in [5, 5.41) is 8.56. The van der Waals surface area contributed by atoms with Crippen LogP contribution in [-0.2, 0) is 20.4 Å². The van der Waals surface area contributed by atoms with E-state index in [-0.39, 0.29) is 16.8 Å². The van der Waals surface area contributed by atoms with Crippen LogP contribution in [0.1, 0.15) is 76.5 Å². The number of halogens is 1. The molecule has 0 fully saturated rings. The predicted molar refractivity (Wildman–Crippen MR) is 205 cm³/mol. The molecule has 1 atom stereocenters. The maximum absolute atomic E-state index is 11.6. The first-order valence-electron chi connectivity index (χ1n) is 17.2. The smallest absolute Gasteiger partial charge is 0.330 e. The van der Waals surface area contributed by atoms with Gasteiger partial charge in [0.1, 0.15) is 0 Å². The Labute approximate surface area is 289 Å². The van der Waals surface area contributed by atoms with Gasteiger partial charge in [-0.1, -0.05) is 138 Å². The highest BCUT2D eigenvalue weighted by Gasteiger charge is 2.44. The molecule has 0 bridgehead atoms. The maximum Gasteiger partial charge on any atom is 0.330 e. The van der Waals surface area contributed by atoms with Gasteiger partial charge in [0.15, 0.2) is 0 Å². The number of carbonyl (C=O) groups excluding carboxylic acids is 1. The van der Waals surface area contributed by atoms with Crippen molar-refractivity contribution in [2.45, 2.75) is 70.6 Å². The van der Waals surface area contributed by atoms with Gasteiger partial charge in [0.2, 0.25) is 0 Å². The van der Waals surface area contributed by atoms with Crippen molar-refractivity contribution < 1.29 is 9.53 Å². The summed E-state index contributed by atoms with van der Waals surface area (Å²) in [5.41, 5.74) is 9.79. The molecule has 0 amide bonds. The van der Waals surface area contributed by atoms with E-state index in [1.165, 1.54) is 82.9 Å². The number of ether oxygens (including phenoxy) is 1. The Morgan fingerprint density at radius 3 is 2.15 bits per heavy atom. The van der Waals surface area contributed by atoms with Crippen molar-refractivity contribution in [3.8, 4) is 22.3 Å². The van der Waals surface area contributed by atoms with E-state index < -0.39 is 0 Å². The molecule has 0 aliphatic heterocycles. The van der Waals surface area contributed by atoms with Crippen LogP contribution in [0.5, 0.6) is 0 Å². The summed E-state index contributed by atoms with van der Waals surface area (Å²) < 4.78 is 5.26. The zero-order valence-electron chi connectivity index (χ0n) is 28.5. The van der Waals surface area contributed by atoms with Crippen LogP contribution in [0.3, 0.4) is 0 Å². The summed E-state index contributed by atoms with van der Waals surface area (Å²) in [6.07, 6.45) is 5.71. The molecule has 7 rings (SSSR count). The lowest BCUT2D eigenvalue weighted by molar-refractivity contribution is -0.137. The minimum Gasteiger partial charge on any atom is -0.463 e. The van der Waals surface area contributed by atoms with Crippen molar-refractivity contribution in [2.75, 3.05) is 6.61 Å². The van der Waals surface area contributed by atoms with Crippen LogP contribution in [0.15, 0.2) is 110 Å². The number of fused-ring (bicyclic) bond motifs is 3. The monoisotopic (exact) mass is 650 g/mol. The first-order valence-corrected chi connectivity index (χ1v) is 17.6. The third kappa shape index (κ3) is 5.22. The molecule has 1 aliphatic rings. The zero-order chi connectivity index (χ0) is 33.8. The quantitative estimate of drug-likeness (QED) is 0.0485. The van der Waals surface area contributed by atoms with Crippen molar-refractivity contribution in [3.63, 3.8) is 0 Å². The normalized spacial score (nSPS) is 15.6. The van der Waals surface area contributed by atoms with Gasteiger partial charge in [-0.2, -0.15) is 0 Å². The molecule has 0 saturated carbocycles. The van der Waals surface area contributed by atoms with Gasteiger partial charge in [0.05, 0.1) is 6.61 Å². The molecule has 0 N–H and O–H groups in total. The van der Waals surface area contributed by atoms with E-state index in [0.717, 1.165) is 37.1 Å². The summed E-state index contributed by atoms with van der Waals surface area (Å²) >= 11 is 6.70. The van der Waals surface area contributed by atoms with Crippen LogP contribution in [0, 0.1) is 0 Å². The van der Waals surface area contributed by atoms with Gasteiger partial charge in [-0.3, -0.25) is 0 Å².